The molecule has 0 spiro atoms. The van der Waals surface area contributed by atoms with Gasteiger partial charge in [0.15, 0.2) is 22.1 Å². The van der Waals surface area contributed by atoms with E-state index in [9.17, 15) is 15.0 Å². The molecule has 1 aliphatic rings. The number of carbonyl (C=O) groups is 1. The van der Waals surface area contributed by atoms with E-state index in [1.807, 2.05) is 49.4 Å². The predicted molar refractivity (Wildman–Crippen MR) is 136 cm³/mol. The normalized spacial score (nSPS) is 22.2. The molecular weight excluding hydrogens is 466 g/mol. The first kappa shape index (κ1) is 25.1. The van der Waals surface area contributed by atoms with Crippen molar-refractivity contribution in [3.05, 3.63) is 42.0 Å². The summed E-state index contributed by atoms with van der Waals surface area (Å²) < 4.78 is 1.52. The maximum atomic E-state index is 12.4. The lowest BCUT2D eigenvalue weighted by atomic mass is 10.0. The highest BCUT2D eigenvalue weighted by molar-refractivity contribution is 7.99. The molecule has 2 aromatic heterocycles. The fourth-order valence-corrected chi connectivity index (χ4v) is 4.84. The molecule has 0 radical (unpaired) electrons. The summed E-state index contributed by atoms with van der Waals surface area (Å²) >= 11 is 1.53. The average Bonchev–Trinajstić information content (AvgIpc) is 3.42. The van der Waals surface area contributed by atoms with Crippen LogP contribution in [-0.2, 0) is 4.79 Å². The van der Waals surface area contributed by atoms with Crippen LogP contribution < -0.4 is 10.6 Å². The van der Waals surface area contributed by atoms with Crippen molar-refractivity contribution in [2.75, 3.05) is 24.2 Å². The van der Waals surface area contributed by atoms with E-state index in [-0.39, 0.29) is 12.3 Å². The summed E-state index contributed by atoms with van der Waals surface area (Å²) in [7, 11) is 0. The SMILES string of the molecule is CCCSc1nc(NCC=Cc2ccccc2)c2nnn(C3C[C@H](C(=O)NCC)[C@@H](O)C3O)c2n1. The van der Waals surface area contributed by atoms with Gasteiger partial charge < -0.3 is 20.8 Å². The van der Waals surface area contributed by atoms with E-state index in [1.54, 1.807) is 0 Å². The number of fused-ring (bicyclic) bond motifs is 1. The van der Waals surface area contributed by atoms with Crippen LogP contribution in [-0.4, -0.2) is 72.1 Å². The molecule has 35 heavy (non-hydrogen) atoms. The molecule has 1 aliphatic carbocycles. The third-order valence-corrected chi connectivity index (χ3v) is 6.94. The summed E-state index contributed by atoms with van der Waals surface area (Å²) in [5.74, 6) is 0.383. The minimum absolute atomic E-state index is 0.233. The standard InChI is InChI=1S/C24H31N7O3S/c1-3-13-35-24-27-21(26-12-8-11-15-9-6-5-7-10-15)18-22(28-24)31(30-29-18)17-14-16(19(32)20(17)33)23(34)25-4-2/h5-11,16-17,19-20,32-33H,3-4,12-14H2,1-2H3,(H,25,34)(H,26,27,28)/t16-,17?,19+,20?/m0/s1. The number of aliphatic hydroxyl groups excluding tert-OH is 2. The summed E-state index contributed by atoms with van der Waals surface area (Å²) in [4.78, 5) is 21.7. The van der Waals surface area contributed by atoms with Gasteiger partial charge >= 0.3 is 0 Å². The van der Waals surface area contributed by atoms with Crippen LogP contribution in [0.15, 0.2) is 41.6 Å². The molecule has 0 saturated heterocycles. The number of anilines is 1. The first-order valence-corrected chi connectivity index (χ1v) is 12.9. The summed E-state index contributed by atoms with van der Waals surface area (Å²) in [6, 6.07) is 9.38. The number of benzene rings is 1. The summed E-state index contributed by atoms with van der Waals surface area (Å²) in [5.41, 5.74) is 2.03. The number of hydrogen-bond acceptors (Lipinski definition) is 9. The topological polar surface area (TPSA) is 138 Å². The molecule has 0 aliphatic heterocycles. The Kier molecular flexibility index (Phi) is 8.32. The van der Waals surface area contributed by atoms with Crippen molar-refractivity contribution in [3.63, 3.8) is 0 Å². The molecule has 4 rings (SSSR count). The zero-order valence-electron chi connectivity index (χ0n) is 19.8. The van der Waals surface area contributed by atoms with Gasteiger partial charge in [-0.25, -0.2) is 14.6 Å². The molecule has 11 heteroatoms. The largest absolute Gasteiger partial charge is 0.390 e. The Morgan fingerprint density at radius 1 is 1.20 bits per heavy atom. The fourth-order valence-electron chi connectivity index (χ4n) is 4.15. The van der Waals surface area contributed by atoms with E-state index in [2.05, 4.69) is 37.8 Å². The molecular formula is C24H31N7O3S. The Morgan fingerprint density at radius 3 is 2.74 bits per heavy atom. The highest BCUT2D eigenvalue weighted by Crippen LogP contribution is 2.37. The minimum Gasteiger partial charge on any atom is -0.390 e. The van der Waals surface area contributed by atoms with Gasteiger partial charge in [0.05, 0.1) is 18.1 Å². The molecule has 2 unspecified atom stereocenters. The fraction of sp³-hybridized carbons (Fsp3) is 0.458. The van der Waals surface area contributed by atoms with Gasteiger partial charge in [0.25, 0.3) is 0 Å². The first-order chi connectivity index (χ1) is 17.0. The quantitative estimate of drug-likeness (QED) is 0.245. The molecule has 1 saturated carbocycles. The van der Waals surface area contributed by atoms with Gasteiger partial charge in [-0.2, -0.15) is 0 Å². The summed E-state index contributed by atoms with van der Waals surface area (Å²) in [6.45, 7) is 4.88. The van der Waals surface area contributed by atoms with Crippen LogP contribution in [0.2, 0.25) is 0 Å². The van der Waals surface area contributed by atoms with Crippen molar-refractivity contribution in [1.82, 2.24) is 30.3 Å². The Hall–Kier alpha value is -3.02. The number of hydrogen-bond donors (Lipinski definition) is 4. The number of nitrogens with one attached hydrogen (secondary N) is 2. The van der Waals surface area contributed by atoms with Crippen LogP contribution in [0.5, 0.6) is 0 Å². The Bertz CT molecular complexity index is 1170. The second-order valence-corrected chi connectivity index (χ2v) is 9.45. The zero-order valence-corrected chi connectivity index (χ0v) is 20.6. The smallest absolute Gasteiger partial charge is 0.225 e. The number of nitrogens with zero attached hydrogens (tertiary/aromatic N) is 5. The molecule has 1 aromatic carbocycles. The molecule has 1 fully saturated rings. The van der Waals surface area contributed by atoms with Crippen LogP contribution in [0.4, 0.5) is 5.82 Å². The highest BCUT2D eigenvalue weighted by Gasteiger charge is 2.47. The maximum absolute atomic E-state index is 12.4. The van der Waals surface area contributed by atoms with Crippen LogP contribution in [0.3, 0.4) is 0 Å². The van der Waals surface area contributed by atoms with Crippen molar-refractivity contribution in [1.29, 1.82) is 0 Å². The predicted octanol–water partition coefficient (Wildman–Crippen LogP) is 2.27. The van der Waals surface area contributed by atoms with E-state index < -0.39 is 24.2 Å². The molecule has 4 N–H and O–H groups in total. The Morgan fingerprint density at radius 2 is 2.00 bits per heavy atom. The van der Waals surface area contributed by atoms with Gasteiger partial charge in [0.1, 0.15) is 6.10 Å². The van der Waals surface area contributed by atoms with Gasteiger partial charge in [-0.05, 0) is 25.3 Å². The molecule has 0 bridgehead atoms. The molecule has 4 atom stereocenters. The lowest BCUT2D eigenvalue weighted by molar-refractivity contribution is -0.128. The minimum atomic E-state index is -1.19. The van der Waals surface area contributed by atoms with E-state index in [0.29, 0.717) is 35.2 Å². The lowest BCUT2D eigenvalue weighted by Crippen LogP contribution is -2.38. The number of thioether (sulfide) groups is 1. The van der Waals surface area contributed by atoms with E-state index in [0.717, 1.165) is 17.7 Å². The first-order valence-electron chi connectivity index (χ1n) is 11.9. The molecule has 3 aromatic rings. The van der Waals surface area contributed by atoms with Gasteiger partial charge in [0.2, 0.25) is 5.91 Å². The lowest BCUT2D eigenvalue weighted by Gasteiger charge is -2.17. The van der Waals surface area contributed by atoms with Crippen molar-refractivity contribution < 1.29 is 15.0 Å². The van der Waals surface area contributed by atoms with Crippen molar-refractivity contribution in [2.45, 2.75) is 50.1 Å². The van der Waals surface area contributed by atoms with Crippen LogP contribution in [0, 0.1) is 5.92 Å². The Labute approximate surface area is 208 Å². The summed E-state index contributed by atoms with van der Waals surface area (Å²) in [6.07, 6.45) is 2.86. The second-order valence-electron chi connectivity index (χ2n) is 8.39. The molecule has 186 valence electrons. The van der Waals surface area contributed by atoms with Crippen molar-refractivity contribution in [2.24, 2.45) is 5.92 Å². The van der Waals surface area contributed by atoms with E-state index in [4.69, 9.17) is 0 Å². The van der Waals surface area contributed by atoms with Gasteiger partial charge in [-0.3, -0.25) is 4.79 Å². The van der Waals surface area contributed by atoms with Crippen LogP contribution in [0.25, 0.3) is 17.2 Å². The Balaban J connectivity index is 1.61. The molecule has 10 nitrogen and oxygen atoms in total. The van der Waals surface area contributed by atoms with E-state index >= 15 is 0 Å². The van der Waals surface area contributed by atoms with E-state index in [1.165, 1.54) is 16.4 Å². The van der Waals surface area contributed by atoms with Crippen LogP contribution >= 0.6 is 11.8 Å². The summed E-state index contributed by atoms with van der Waals surface area (Å²) in [5, 5.41) is 36.4. The third kappa shape index (κ3) is 5.63. The number of aromatic nitrogens is 5. The van der Waals surface area contributed by atoms with Gasteiger partial charge in [-0.1, -0.05) is 66.4 Å². The maximum Gasteiger partial charge on any atom is 0.225 e. The van der Waals surface area contributed by atoms with Crippen LogP contribution in [0.1, 0.15) is 38.3 Å². The monoisotopic (exact) mass is 497 g/mol. The van der Waals surface area contributed by atoms with Gasteiger partial charge in [-0.15, -0.1) is 5.10 Å². The number of aliphatic hydroxyl groups is 2. The number of rotatable bonds is 10. The van der Waals surface area contributed by atoms with Crippen molar-refractivity contribution >= 4 is 40.7 Å². The average molecular weight is 498 g/mol. The van der Waals surface area contributed by atoms with Gasteiger partial charge in [0, 0.05) is 18.8 Å². The molecule has 2 heterocycles. The highest BCUT2D eigenvalue weighted by atomic mass is 32.2. The second kappa shape index (κ2) is 11.6. The number of carbonyl (C=O) groups excluding carboxylic acids is 1. The number of amides is 1. The zero-order chi connectivity index (χ0) is 24.8. The molecule has 1 amide bonds. The third-order valence-electron chi connectivity index (χ3n) is 5.89. The van der Waals surface area contributed by atoms with Crippen molar-refractivity contribution in [3.8, 4) is 0 Å².